The third-order valence-corrected chi connectivity index (χ3v) is 15.8. The van der Waals surface area contributed by atoms with Crippen LogP contribution in [0.1, 0.15) is 211 Å². The van der Waals surface area contributed by atoms with Crippen molar-refractivity contribution in [2.24, 2.45) is 0 Å². The fourth-order valence-corrected chi connectivity index (χ4v) is 10.9. The summed E-state index contributed by atoms with van der Waals surface area (Å²) in [5.41, 5.74) is 9.57. The minimum absolute atomic E-state index is 0.0605. The van der Waals surface area contributed by atoms with Gasteiger partial charge < -0.3 is 27.1 Å². The van der Waals surface area contributed by atoms with Gasteiger partial charge in [0.05, 0.1) is 0 Å². The fourth-order valence-electron chi connectivity index (χ4n) is 8.78. The molecule has 6 rings (SSSR count). The van der Waals surface area contributed by atoms with Crippen LogP contribution >= 0.6 is 17.2 Å². The fraction of sp³-hybridized carbons (Fsp3) is 0.471. The molecular weight excluding hydrogens is 975 g/mol. The van der Waals surface area contributed by atoms with Crippen molar-refractivity contribution in [1.82, 2.24) is 0 Å². The van der Waals surface area contributed by atoms with Gasteiger partial charge in [0.15, 0.2) is 0 Å². The van der Waals surface area contributed by atoms with Crippen LogP contribution < -0.4 is 27.1 Å². The van der Waals surface area contributed by atoms with Crippen molar-refractivity contribution in [3.05, 3.63) is 166 Å². The van der Waals surface area contributed by atoms with Crippen molar-refractivity contribution >= 4 is 17.2 Å². The van der Waals surface area contributed by atoms with Crippen molar-refractivity contribution in [1.29, 1.82) is 0 Å². The van der Waals surface area contributed by atoms with Gasteiger partial charge in [-0.1, -0.05) is 251 Å². The van der Waals surface area contributed by atoms with Crippen LogP contribution in [-0.2, 0) is 43.3 Å². The van der Waals surface area contributed by atoms with Crippen molar-refractivity contribution in [2.45, 2.75) is 209 Å². The first-order chi connectivity index (χ1) is 34.7. The molecule has 0 atom stereocenters. The maximum absolute atomic E-state index is 7.18. The Morgan fingerprint density at radius 2 is 0.421 bits per heavy atom. The van der Waals surface area contributed by atoms with Gasteiger partial charge in [-0.2, -0.15) is 0 Å². The zero-order chi connectivity index (χ0) is 56.8. The molecule has 0 radical (unpaired) electrons. The first-order valence-electron chi connectivity index (χ1n) is 27.2. The molecule has 6 aromatic carbocycles. The topological polar surface area (TPSA) is 55.4 Å². The molecule has 0 N–H and O–H groups in total. The highest BCUT2D eigenvalue weighted by Gasteiger charge is 2.34. The molecule has 0 aliphatic carbocycles. The summed E-state index contributed by atoms with van der Waals surface area (Å²) in [7, 11) is -4.26. The van der Waals surface area contributed by atoms with Gasteiger partial charge in [-0.05, 0) is 102 Å². The van der Waals surface area contributed by atoms with Crippen LogP contribution in [-0.4, -0.2) is 0 Å². The Hall–Kier alpha value is -5.02. The third-order valence-electron chi connectivity index (χ3n) is 13.7. The van der Waals surface area contributed by atoms with Gasteiger partial charge in [0, 0.05) is 33.4 Å². The van der Waals surface area contributed by atoms with Gasteiger partial charge in [-0.25, -0.2) is 0 Å². The molecule has 0 bridgehead atoms. The summed E-state index contributed by atoms with van der Waals surface area (Å²) in [5, 5.41) is 0. The van der Waals surface area contributed by atoms with E-state index in [0.717, 1.165) is 33.4 Å². The second-order valence-corrected chi connectivity index (χ2v) is 30.8. The maximum Gasteiger partial charge on any atom is 0.530 e. The van der Waals surface area contributed by atoms with Crippen LogP contribution in [0, 0.1) is 0 Å². The average Bonchev–Trinajstić information content (AvgIpc) is 3.27. The van der Waals surface area contributed by atoms with Gasteiger partial charge in [0.25, 0.3) is 0 Å². The predicted molar refractivity (Wildman–Crippen MR) is 325 cm³/mol. The molecule has 8 heteroatoms. The van der Waals surface area contributed by atoms with Crippen molar-refractivity contribution in [3.8, 4) is 45.6 Å². The van der Waals surface area contributed by atoms with Crippen LogP contribution in [0.4, 0.5) is 0 Å². The highest BCUT2D eigenvalue weighted by molar-refractivity contribution is 7.43. The number of rotatable bonds is 13. The Bertz CT molecular complexity index is 2610. The van der Waals surface area contributed by atoms with Crippen molar-refractivity contribution in [2.75, 3.05) is 0 Å². The van der Waals surface area contributed by atoms with Crippen molar-refractivity contribution in [3.63, 3.8) is 0 Å². The lowest BCUT2D eigenvalue weighted by Crippen LogP contribution is -2.19. The Kier molecular flexibility index (Phi) is 17.4. The van der Waals surface area contributed by atoms with Crippen LogP contribution in [0.3, 0.4) is 0 Å². The van der Waals surface area contributed by atoms with Gasteiger partial charge in [-0.15, -0.1) is 0 Å². The van der Waals surface area contributed by atoms with Gasteiger partial charge >= 0.3 is 17.2 Å². The lowest BCUT2D eigenvalue weighted by atomic mass is 9.80. The molecule has 6 aromatic rings. The molecule has 0 aliphatic heterocycles. The van der Waals surface area contributed by atoms with E-state index >= 15 is 0 Å². The summed E-state index contributed by atoms with van der Waals surface area (Å²) in [6.07, 6.45) is 0. The summed E-state index contributed by atoms with van der Waals surface area (Å²) in [6, 6.07) is 42.1. The lowest BCUT2D eigenvalue weighted by Gasteiger charge is -2.30. The van der Waals surface area contributed by atoms with E-state index in [2.05, 4.69) is 251 Å². The quantitative estimate of drug-likeness (QED) is 0.107. The van der Waals surface area contributed by atoms with Gasteiger partial charge in [0.1, 0.15) is 34.5 Å². The van der Waals surface area contributed by atoms with E-state index in [1.54, 1.807) is 0 Å². The molecule has 0 unspecified atom stereocenters. The Morgan fingerprint density at radius 1 is 0.224 bits per heavy atom. The Morgan fingerprint density at radius 3 is 0.618 bits per heavy atom. The van der Waals surface area contributed by atoms with E-state index in [-0.39, 0.29) is 43.3 Å². The summed E-state index contributed by atoms with van der Waals surface area (Å²) in [6.45, 7) is 53.5. The standard InChI is InChI=1S/C68H92O6P2/c1-61(2,3)45-33-37-57(51(41-45)65(13,14)15)71-75(72-58-38-34-46(62(4,5)6)42-52(58)66(16,17)18)69-55-31-27-25-29-49(55)50-30-26-28-32-56(50)70-76(73-59-39-35-47(63(7,8)9)43-53(59)67(19,20)21)74-60-40-36-48(64(10,11)12)44-54(60)68(22,23)24/h25-44H,1-24H3. The SMILES string of the molecule is CC(C)(C)c1ccc(OP(Oc2ccccc2-c2ccccc2OP(Oc2ccc(C(C)(C)C)cc2C(C)(C)C)Oc2ccc(C(C)(C)C)cc2C(C)(C)C)Oc2ccc(C(C)(C)C)cc2C(C)(C)C)c(C(C)(C)C)c1. The second-order valence-electron chi connectivity index (χ2n) is 28.8. The average molecular weight is 1070 g/mol. The molecule has 76 heavy (non-hydrogen) atoms. The molecule has 0 amide bonds. The molecule has 6 nitrogen and oxygen atoms in total. The van der Waals surface area contributed by atoms with E-state index in [1.165, 1.54) is 22.3 Å². The Labute approximate surface area is 463 Å². The monoisotopic (exact) mass is 1070 g/mol. The first-order valence-corrected chi connectivity index (χ1v) is 29.4. The number of para-hydroxylation sites is 2. The predicted octanol–water partition coefficient (Wildman–Crippen LogP) is 21.3. The minimum atomic E-state index is -2.13. The molecular formula is C68H92O6P2. The van der Waals surface area contributed by atoms with E-state index in [1.807, 2.05) is 36.4 Å². The van der Waals surface area contributed by atoms with E-state index in [9.17, 15) is 0 Å². The van der Waals surface area contributed by atoms with E-state index in [0.29, 0.717) is 34.5 Å². The maximum atomic E-state index is 7.18. The zero-order valence-corrected chi connectivity index (χ0v) is 52.7. The summed E-state index contributed by atoms with van der Waals surface area (Å²) >= 11 is 0. The first kappa shape index (κ1) is 60.2. The summed E-state index contributed by atoms with van der Waals surface area (Å²) < 4.78 is 42.8. The zero-order valence-electron chi connectivity index (χ0n) is 50.9. The van der Waals surface area contributed by atoms with Crippen LogP contribution in [0.15, 0.2) is 121 Å². The minimum Gasteiger partial charge on any atom is -0.408 e. The van der Waals surface area contributed by atoms with E-state index < -0.39 is 17.2 Å². The second kappa shape index (κ2) is 22.0. The molecule has 0 aromatic heterocycles. The van der Waals surface area contributed by atoms with Crippen LogP contribution in [0.2, 0.25) is 0 Å². The van der Waals surface area contributed by atoms with Crippen LogP contribution in [0.5, 0.6) is 34.5 Å². The molecule has 0 spiro atoms. The molecule has 0 fully saturated rings. The molecule has 0 saturated heterocycles. The van der Waals surface area contributed by atoms with Crippen LogP contribution in [0.25, 0.3) is 11.1 Å². The molecule has 0 saturated carbocycles. The number of benzene rings is 6. The van der Waals surface area contributed by atoms with Gasteiger partial charge in [-0.3, -0.25) is 0 Å². The smallest absolute Gasteiger partial charge is 0.408 e. The number of hydrogen-bond donors (Lipinski definition) is 0. The highest BCUT2D eigenvalue weighted by atomic mass is 31.2. The highest BCUT2D eigenvalue weighted by Crippen LogP contribution is 2.53. The summed E-state index contributed by atoms with van der Waals surface area (Å²) in [4.78, 5) is 0. The molecule has 0 heterocycles. The number of hydrogen-bond acceptors (Lipinski definition) is 6. The normalized spacial score (nSPS) is 13.2. The largest absolute Gasteiger partial charge is 0.530 e. The van der Waals surface area contributed by atoms with E-state index in [4.69, 9.17) is 27.1 Å². The molecule has 410 valence electrons. The Balaban J connectivity index is 1.51. The summed E-state index contributed by atoms with van der Waals surface area (Å²) in [5.74, 6) is 4.00. The molecule has 0 aliphatic rings. The lowest BCUT2D eigenvalue weighted by molar-refractivity contribution is 0.374. The third kappa shape index (κ3) is 15.2. The van der Waals surface area contributed by atoms with Crippen molar-refractivity contribution < 1.29 is 27.1 Å². The van der Waals surface area contributed by atoms with Gasteiger partial charge in [0.2, 0.25) is 0 Å².